The number of nitrogens with one attached hydrogen (secondary N) is 2. The lowest BCUT2D eigenvalue weighted by Gasteiger charge is -2.17. The van der Waals surface area contributed by atoms with E-state index in [1.54, 1.807) is 67.7 Å². The molecule has 30 heteroatoms. The van der Waals surface area contributed by atoms with Gasteiger partial charge in [0.2, 0.25) is 17.5 Å². The number of esters is 1. The first-order valence-corrected chi connectivity index (χ1v) is 27.3. The molecular formula is C48H44F12I2N10O4S2. The molecule has 1 aliphatic heterocycles. The topological polar surface area (TPSA) is 184 Å². The van der Waals surface area contributed by atoms with Crippen LogP contribution in [0.25, 0.3) is 0 Å². The van der Waals surface area contributed by atoms with Gasteiger partial charge in [-0.15, -0.1) is 10.2 Å². The molecule has 0 aliphatic carbocycles. The molecule has 2 aromatic heterocycles. The van der Waals surface area contributed by atoms with E-state index in [0.29, 0.717) is 52.6 Å². The zero-order valence-corrected chi connectivity index (χ0v) is 47.3. The molecule has 0 spiro atoms. The Kier molecular flexibility index (Phi) is 21.3. The number of halogens is 14. The fraction of sp³-hybridized carbons (Fsp3) is 0.333. The highest BCUT2D eigenvalue weighted by molar-refractivity contribution is 14.1. The van der Waals surface area contributed by atoms with Crippen molar-refractivity contribution in [2.45, 2.75) is 77.6 Å². The second-order valence-corrected chi connectivity index (χ2v) is 21.1. The summed E-state index contributed by atoms with van der Waals surface area (Å²) in [4.78, 5) is 47.7. The van der Waals surface area contributed by atoms with Crippen LogP contribution in [-0.2, 0) is 42.5 Å². The number of ether oxygens (including phenoxy) is 1. The van der Waals surface area contributed by atoms with E-state index in [4.69, 9.17) is 10.5 Å². The van der Waals surface area contributed by atoms with Crippen LogP contribution in [0.3, 0.4) is 0 Å². The van der Waals surface area contributed by atoms with Gasteiger partial charge in [-0.1, -0.05) is 36.4 Å². The van der Waals surface area contributed by atoms with E-state index in [1.165, 1.54) is 42.5 Å². The quantitative estimate of drug-likeness (QED) is 0.0568. The van der Waals surface area contributed by atoms with Crippen LogP contribution >= 0.6 is 68.7 Å². The summed E-state index contributed by atoms with van der Waals surface area (Å²) in [6, 6.07) is 18.7. The second kappa shape index (κ2) is 26.2. The summed E-state index contributed by atoms with van der Waals surface area (Å²) < 4.78 is 163. The molecule has 0 saturated carbocycles. The number of nitrogens with two attached hydrogens (primary N) is 1. The minimum absolute atomic E-state index is 0.0785. The fourth-order valence-corrected chi connectivity index (χ4v) is 9.67. The number of hydrogen-bond donors (Lipinski definition) is 3. The molecule has 14 nitrogen and oxygen atoms in total. The number of cyclic esters (lactones) is 1. The van der Waals surface area contributed by atoms with E-state index >= 15 is 0 Å². The number of nitrogens with zero attached hydrogens (tertiary/aromatic N) is 7. The average molecular weight is 1370 g/mol. The lowest BCUT2D eigenvalue weighted by molar-refractivity contribution is -0.152. The summed E-state index contributed by atoms with van der Waals surface area (Å²) in [5, 5.41) is 11.5. The van der Waals surface area contributed by atoms with Crippen LogP contribution < -0.4 is 16.4 Å². The Labute approximate surface area is 472 Å². The van der Waals surface area contributed by atoms with Crippen molar-refractivity contribution in [2.75, 3.05) is 29.3 Å². The van der Waals surface area contributed by atoms with Gasteiger partial charge in [0.15, 0.2) is 0 Å². The van der Waals surface area contributed by atoms with Gasteiger partial charge >= 0.3 is 30.7 Å². The van der Waals surface area contributed by atoms with Crippen molar-refractivity contribution in [2.24, 2.45) is 10.7 Å². The lowest BCUT2D eigenvalue weighted by Crippen LogP contribution is -2.36. The van der Waals surface area contributed by atoms with Gasteiger partial charge in [-0.3, -0.25) is 9.59 Å². The largest absolute Gasteiger partial charge is 0.453 e. The predicted molar refractivity (Wildman–Crippen MR) is 286 cm³/mol. The molecule has 0 radical (unpaired) electrons. The number of thioether (sulfide) groups is 2. The van der Waals surface area contributed by atoms with Gasteiger partial charge in [0.25, 0.3) is 23.5 Å². The zero-order valence-electron chi connectivity index (χ0n) is 41.4. The molecule has 0 saturated heterocycles. The number of anilines is 1. The maximum atomic E-state index is 13.3. The number of aryl methyl sites for hydroxylation is 2. The number of benzene rings is 4. The molecule has 2 unspecified atom stereocenters. The van der Waals surface area contributed by atoms with Gasteiger partial charge in [-0.2, -0.15) is 86.2 Å². The van der Waals surface area contributed by atoms with Crippen LogP contribution in [0.15, 0.2) is 77.8 Å². The summed E-state index contributed by atoms with van der Waals surface area (Å²) in [5.41, 5.74) is 8.65. The average Bonchev–Trinajstić information content (AvgIpc) is 4.07. The predicted octanol–water partition coefficient (Wildman–Crippen LogP) is 12.2. The maximum absolute atomic E-state index is 13.3. The maximum Gasteiger partial charge on any atom is 0.453 e. The third-order valence-corrected chi connectivity index (χ3v) is 13.9. The van der Waals surface area contributed by atoms with E-state index in [9.17, 15) is 67.1 Å². The first-order chi connectivity index (χ1) is 36.2. The van der Waals surface area contributed by atoms with Crippen molar-refractivity contribution < 1.29 is 71.8 Å². The molecule has 4 N–H and O–H groups in total. The summed E-state index contributed by atoms with van der Waals surface area (Å²) in [7, 11) is 0. The zero-order chi connectivity index (χ0) is 58.2. The highest BCUT2D eigenvalue weighted by Crippen LogP contribution is 2.36. The lowest BCUT2D eigenvalue weighted by atomic mass is 10.0. The Hall–Kier alpha value is -5.48. The Bertz CT molecular complexity index is 3180. The van der Waals surface area contributed by atoms with Crippen LogP contribution in [0.4, 0.5) is 64.1 Å². The molecule has 1 aliphatic rings. The standard InChI is InChI=1S/C24H22F6IN5O2S.C20H11F6IN4O2.C4H11NS/c1-12-9-14(10-36-22(24(28,29)30)34-21(35-36)23(25,26)27)7-8-17(12)33-19(37)15-5-4-6-16(31)18(15)20(38)32-13(2)11-39-3;1-9-7-10(8-31-18(20(24,25)26)29-17(30-31)19(21,22)23)5-6-13(9)28-15-11-3-2-4-12(27)14(11)16(32)33-15;1-4(5)3-6-2/h4-9,13H,10-11H2,1-3H3,(H,32,38)(H,33,37);2-7H,8H2,1H3;4H,3,5H2,1-2H3. The number of rotatable bonds is 13. The van der Waals surface area contributed by atoms with Crippen LogP contribution in [-0.4, -0.2) is 89.3 Å². The molecule has 420 valence electrons. The van der Waals surface area contributed by atoms with Gasteiger partial charge < -0.3 is 21.1 Å². The number of aliphatic imine (C=N–C) groups is 1. The number of carbonyl (C=O) groups excluding carboxylic acids is 3. The Morgan fingerprint density at radius 2 is 1.22 bits per heavy atom. The second-order valence-electron chi connectivity index (χ2n) is 16.9. The van der Waals surface area contributed by atoms with E-state index in [-0.39, 0.29) is 43.6 Å². The van der Waals surface area contributed by atoms with E-state index in [1.807, 2.05) is 65.3 Å². The Balaban J connectivity index is 0.000000262. The van der Waals surface area contributed by atoms with Crippen molar-refractivity contribution in [3.8, 4) is 0 Å². The Morgan fingerprint density at radius 1 is 0.705 bits per heavy atom. The van der Waals surface area contributed by atoms with Gasteiger partial charge in [0, 0.05) is 36.4 Å². The molecular weight excluding hydrogens is 1330 g/mol. The molecule has 0 fully saturated rings. The first-order valence-electron chi connectivity index (χ1n) is 22.3. The molecule has 7 rings (SSSR count). The van der Waals surface area contributed by atoms with Crippen molar-refractivity contribution in [3.05, 3.63) is 148 Å². The molecule has 3 heterocycles. The molecule has 2 atom stereocenters. The highest BCUT2D eigenvalue weighted by Gasteiger charge is 2.45. The fourth-order valence-electron chi connectivity index (χ4n) is 7.10. The first kappa shape index (κ1) is 63.4. The van der Waals surface area contributed by atoms with E-state index < -0.39 is 78.9 Å². The van der Waals surface area contributed by atoms with Crippen molar-refractivity contribution in [1.29, 1.82) is 0 Å². The van der Waals surface area contributed by atoms with Crippen LogP contribution in [0.5, 0.6) is 0 Å². The molecule has 78 heavy (non-hydrogen) atoms. The number of hydrogen-bond acceptors (Lipinski definition) is 12. The summed E-state index contributed by atoms with van der Waals surface area (Å²) in [6.45, 7) is 5.81. The third-order valence-electron chi connectivity index (χ3n) is 10.4. The van der Waals surface area contributed by atoms with Crippen molar-refractivity contribution >= 4 is 104 Å². The van der Waals surface area contributed by atoms with Gasteiger partial charge in [-0.25, -0.2) is 19.2 Å². The highest BCUT2D eigenvalue weighted by atomic mass is 127. The minimum Gasteiger partial charge on any atom is -0.403 e. The van der Waals surface area contributed by atoms with Crippen molar-refractivity contribution in [3.63, 3.8) is 0 Å². The molecule has 0 bridgehead atoms. The molecule has 2 amide bonds. The SMILES string of the molecule is CSCC(C)N.CSCC(C)NC(=O)c1c(I)cccc1C(=O)Nc1ccc(Cn2nc(C(F)(F)F)nc2C(F)(F)F)cc1C.Cc1cc(Cn2nc(C(F)(F)F)nc2C(F)(F)F)ccc1N=C1OC(=O)c2c(I)cccc21. The molecule has 6 aromatic rings. The number of alkyl halides is 12. The van der Waals surface area contributed by atoms with Gasteiger partial charge in [-0.05, 0) is 144 Å². The van der Waals surface area contributed by atoms with E-state index in [2.05, 4.69) is 42.0 Å². The monoisotopic (exact) mass is 1370 g/mol. The van der Waals surface area contributed by atoms with Crippen LogP contribution in [0.2, 0.25) is 0 Å². The third kappa shape index (κ3) is 16.8. The van der Waals surface area contributed by atoms with Crippen LogP contribution in [0, 0.1) is 21.0 Å². The normalized spacial score (nSPS) is 13.9. The summed E-state index contributed by atoms with van der Waals surface area (Å²) >= 11 is 7.30. The number of fused-ring (bicyclic) bond motifs is 1. The van der Waals surface area contributed by atoms with E-state index in [0.717, 1.165) is 5.75 Å². The summed E-state index contributed by atoms with van der Waals surface area (Å²) in [6.07, 6.45) is -16.6. The minimum atomic E-state index is -5.15. The van der Waals surface area contributed by atoms with Crippen molar-refractivity contribution in [1.82, 2.24) is 34.8 Å². The smallest absolute Gasteiger partial charge is 0.403 e. The Morgan fingerprint density at radius 3 is 1.69 bits per heavy atom. The number of carbonyl (C=O) groups is 3. The van der Waals surface area contributed by atoms with Gasteiger partial charge in [0.1, 0.15) is 0 Å². The number of amides is 2. The van der Waals surface area contributed by atoms with Gasteiger partial charge in [0.05, 0.1) is 41.0 Å². The molecule has 4 aromatic carbocycles. The van der Waals surface area contributed by atoms with Crippen LogP contribution in [0.1, 0.15) is 96.0 Å². The summed E-state index contributed by atoms with van der Waals surface area (Å²) in [5.74, 6) is -7.01. The number of aromatic nitrogens is 6.